The number of hydrogen-bond acceptors (Lipinski definition) is 3. The number of amides is 1. The summed E-state index contributed by atoms with van der Waals surface area (Å²) in [5.74, 6) is 0.870. The van der Waals surface area contributed by atoms with Crippen LogP contribution in [0.25, 0.3) is 0 Å². The van der Waals surface area contributed by atoms with Crippen LogP contribution in [0.5, 0.6) is 5.75 Å². The van der Waals surface area contributed by atoms with Gasteiger partial charge in [0.1, 0.15) is 5.75 Å². The third kappa shape index (κ3) is 5.93. The Balaban J connectivity index is 1.86. The zero-order valence-electron chi connectivity index (χ0n) is 14.7. The van der Waals surface area contributed by atoms with E-state index in [0.717, 1.165) is 16.2 Å². The van der Waals surface area contributed by atoms with E-state index in [1.54, 1.807) is 11.8 Å². The maximum atomic E-state index is 12.3. The number of aryl methyl sites for hydroxylation is 1. The molecule has 4 heteroatoms. The van der Waals surface area contributed by atoms with Gasteiger partial charge in [-0.2, -0.15) is 0 Å². The van der Waals surface area contributed by atoms with Crippen LogP contribution in [-0.2, 0) is 11.3 Å². The predicted octanol–water partition coefficient (Wildman–Crippen LogP) is 4.58. The van der Waals surface area contributed by atoms with Crippen LogP contribution in [0.15, 0.2) is 53.4 Å². The summed E-state index contributed by atoms with van der Waals surface area (Å²) in [6.07, 6.45) is 0.140. The highest BCUT2D eigenvalue weighted by Gasteiger charge is 2.14. The topological polar surface area (TPSA) is 38.3 Å². The molecule has 2 rings (SSSR count). The Bertz CT molecular complexity index is 668. The minimum absolute atomic E-state index is 0.0377. The molecule has 0 unspecified atom stereocenters. The van der Waals surface area contributed by atoms with Crippen molar-refractivity contribution in [3.63, 3.8) is 0 Å². The third-order valence-corrected chi connectivity index (χ3v) is 4.55. The number of nitrogens with one attached hydrogen (secondary N) is 1. The van der Waals surface area contributed by atoms with Gasteiger partial charge in [-0.3, -0.25) is 4.79 Å². The molecule has 1 N–H and O–H groups in total. The summed E-state index contributed by atoms with van der Waals surface area (Å²) in [6.45, 7) is 8.49. The van der Waals surface area contributed by atoms with Crippen molar-refractivity contribution >= 4 is 17.7 Å². The first kappa shape index (κ1) is 18.4. The van der Waals surface area contributed by atoms with E-state index < -0.39 is 0 Å². The van der Waals surface area contributed by atoms with Crippen molar-refractivity contribution in [3.8, 4) is 5.75 Å². The van der Waals surface area contributed by atoms with E-state index in [4.69, 9.17) is 4.74 Å². The standard InChI is InChI=1S/C20H25NO2S/c1-14(2)23-18-7-5-6-17(12-18)13-21-20(22)16(4)24-19-10-8-15(3)9-11-19/h5-12,14,16H,13H2,1-4H3,(H,21,22)/t16-/m1/s1. The van der Waals surface area contributed by atoms with Gasteiger partial charge in [0.05, 0.1) is 11.4 Å². The van der Waals surface area contributed by atoms with E-state index in [9.17, 15) is 4.79 Å². The van der Waals surface area contributed by atoms with E-state index in [2.05, 4.69) is 36.5 Å². The fraction of sp³-hybridized carbons (Fsp3) is 0.350. The second-order valence-corrected chi connectivity index (χ2v) is 7.52. The summed E-state index contributed by atoms with van der Waals surface area (Å²) in [7, 11) is 0. The first-order valence-electron chi connectivity index (χ1n) is 8.20. The maximum absolute atomic E-state index is 12.3. The molecule has 0 aromatic heterocycles. The van der Waals surface area contributed by atoms with E-state index in [0.29, 0.717) is 6.54 Å². The third-order valence-electron chi connectivity index (χ3n) is 3.44. The molecule has 0 aliphatic carbocycles. The molecule has 1 amide bonds. The van der Waals surface area contributed by atoms with Crippen LogP contribution in [0.1, 0.15) is 31.9 Å². The number of ether oxygens (including phenoxy) is 1. The summed E-state index contributed by atoms with van der Waals surface area (Å²) in [5.41, 5.74) is 2.26. The van der Waals surface area contributed by atoms with Crippen molar-refractivity contribution in [1.29, 1.82) is 0 Å². The number of rotatable bonds is 7. The summed E-state index contributed by atoms with van der Waals surface area (Å²) >= 11 is 1.57. The zero-order chi connectivity index (χ0) is 17.5. The van der Waals surface area contributed by atoms with Crippen LogP contribution in [0.3, 0.4) is 0 Å². The van der Waals surface area contributed by atoms with Gasteiger partial charge in [-0.05, 0) is 57.5 Å². The van der Waals surface area contributed by atoms with Gasteiger partial charge in [0, 0.05) is 11.4 Å². The number of hydrogen-bond donors (Lipinski definition) is 1. The van der Waals surface area contributed by atoms with Gasteiger partial charge in [0.2, 0.25) is 5.91 Å². The Hall–Kier alpha value is -1.94. The van der Waals surface area contributed by atoms with E-state index in [-0.39, 0.29) is 17.3 Å². The molecule has 3 nitrogen and oxygen atoms in total. The molecule has 0 saturated carbocycles. The molecule has 24 heavy (non-hydrogen) atoms. The first-order valence-corrected chi connectivity index (χ1v) is 9.08. The van der Waals surface area contributed by atoms with Crippen LogP contribution >= 0.6 is 11.8 Å². The van der Waals surface area contributed by atoms with Crippen LogP contribution in [-0.4, -0.2) is 17.3 Å². The van der Waals surface area contributed by atoms with Gasteiger partial charge in [-0.25, -0.2) is 0 Å². The van der Waals surface area contributed by atoms with Gasteiger partial charge in [-0.15, -0.1) is 11.8 Å². The number of carbonyl (C=O) groups excluding carboxylic acids is 1. The Morgan fingerprint density at radius 2 is 1.83 bits per heavy atom. The summed E-state index contributed by atoms with van der Waals surface area (Å²) in [4.78, 5) is 13.4. The Morgan fingerprint density at radius 3 is 2.50 bits per heavy atom. The van der Waals surface area contributed by atoms with Gasteiger partial charge in [0.25, 0.3) is 0 Å². The summed E-state index contributed by atoms with van der Waals surface area (Å²) in [6, 6.07) is 16.1. The highest BCUT2D eigenvalue weighted by molar-refractivity contribution is 8.00. The van der Waals surface area contributed by atoms with Gasteiger partial charge < -0.3 is 10.1 Å². The number of thioether (sulfide) groups is 1. The van der Waals surface area contributed by atoms with Crippen molar-refractivity contribution in [2.24, 2.45) is 0 Å². The van der Waals surface area contributed by atoms with Crippen molar-refractivity contribution in [3.05, 3.63) is 59.7 Å². The molecular formula is C20H25NO2S. The maximum Gasteiger partial charge on any atom is 0.233 e. The SMILES string of the molecule is Cc1ccc(S[C@H](C)C(=O)NCc2cccc(OC(C)C)c2)cc1. The Labute approximate surface area is 148 Å². The van der Waals surface area contributed by atoms with Crippen LogP contribution in [0.4, 0.5) is 0 Å². The minimum Gasteiger partial charge on any atom is -0.491 e. The Morgan fingerprint density at radius 1 is 1.12 bits per heavy atom. The lowest BCUT2D eigenvalue weighted by atomic mass is 10.2. The lowest BCUT2D eigenvalue weighted by molar-refractivity contribution is -0.120. The summed E-state index contributed by atoms with van der Waals surface area (Å²) in [5, 5.41) is 2.86. The zero-order valence-corrected chi connectivity index (χ0v) is 15.5. The molecule has 0 saturated heterocycles. The average Bonchev–Trinajstić information content (AvgIpc) is 2.54. The van der Waals surface area contributed by atoms with Crippen LogP contribution in [0, 0.1) is 6.92 Å². The molecule has 0 radical (unpaired) electrons. The fourth-order valence-corrected chi connectivity index (χ4v) is 3.10. The minimum atomic E-state index is -0.136. The highest BCUT2D eigenvalue weighted by atomic mass is 32.2. The summed E-state index contributed by atoms with van der Waals surface area (Å²) < 4.78 is 5.68. The van der Waals surface area contributed by atoms with Crippen molar-refractivity contribution in [2.45, 2.75) is 50.5 Å². The van der Waals surface area contributed by atoms with E-state index >= 15 is 0 Å². The predicted molar refractivity (Wildman–Crippen MR) is 101 cm³/mol. The molecule has 0 spiro atoms. The van der Waals surface area contributed by atoms with Crippen molar-refractivity contribution in [1.82, 2.24) is 5.32 Å². The van der Waals surface area contributed by atoms with Gasteiger partial charge in [-0.1, -0.05) is 29.8 Å². The molecule has 0 aliphatic rings. The van der Waals surface area contributed by atoms with E-state index in [1.165, 1.54) is 5.56 Å². The number of carbonyl (C=O) groups is 1. The molecule has 0 heterocycles. The lowest BCUT2D eigenvalue weighted by Crippen LogP contribution is -2.30. The average molecular weight is 343 g/mol. The molecule has 0 bridgehead atoms. The normalized spacial score (nSPS) is 12.0. The van der Waals surface area contributed by atoms with Crippen molar-refractivity contribution < 1.29 is 9.53 Å². The fourth-order valence-electron chi connectivity index (χ4n) is 2.21. The molecular weight excluding hydrogens is 318 g/mol. The Kier molecular flexibility index (Phi) is 6.73. The molecule has 128 valence electrons. The van der Waals surface area contributed by atoms with Gasteiger partial charge in [0.15, 0.2) is 0 Å². The van der Waals surface area contributed by atoms with Gasteiger partial charge >= 0.3 is 0 Å². The monoisotopic (exact) mass is 343 g/mol. The largest absolute Gasteiger partial charge is 0.491 e. The molecule has 2 aromatic carbocycles. The van der Waals surface area contributed by atoms with E-state index in [1.807, 2.05) is 45.0 Å². The second-order valence-electron chi connectivity index (χ2n) is 6.10. The smallest absolute Gasteiger partial charge is 0.233 e. The first-order chi connectivity index (χ1) is 11.4. The quantitative estimate of drug-likeness (QED) is 0.748. The lowest BCUT2D eigenvalue weighted by Gasteiger charge is -2.14. The van der Waals surface area contributed by atoms with Crippen LogP contribution < -0.4 is 10.1 Å². The molecule has 1 atom stereocenters. The molecule has 0 aliphatic heterocycles. The van der Waals surface area contributed by atoms with Crippen LogP contribution in [0.2, 0.25) is 0 Å². The highest BCUT2D eigenvalue weighted by Crippen LogP contribution is 2.23. The van der Waals surface area contributed by atoms with Crippen molar-refractivity contribution in [2.75, 3.05) is 0 Å². The second kappa shape index (κ2) is 8.78. The molecule has 2 aromatic rings. The number of benzene rings is 2. The molecule has 0 fully saturated rings.